The summed E-state index contributed by atoms with van der Waals surface area (Å²) in [5.74, 6) is 2.17. The second-order valence-corrected chi connectivity index (χ2v) is 8.03. The van der Waals surface area contributed by atoms with E-state index in [9.17, 15) is 9.59 Å². The van der Waals surface area contributed by atoms with Crippen LogP contribution in [0.5, 0.6) is 11.5 Å². The van der Waals surface area contributed by atoms with Crippen molar-refractivity contribution in [1.29, 1.82) is 0 Å². The average Bonchev–Trinajstić information content (AvgIpc) is 3.62. The van der Waals surface area contributed by atoms with Crippen molar-refractivity contribution < 1.29 is 19.1 Å². The van der Waals surface area contributed by atoms with E-state index in [1.54, 1.807) is 14.2 Å². The van der Waals surface area contributed by atoms with Crippen molar-refractivity contribution >= 4 is 11.8 Å². The van der Waals surface area contributed by atoms with Crippen molar-refractivity contribution in [2.75, 3.05) is 33.9 Å². The van der Waals surface area contributed by atoms with Gasteiger partial charge in [0.1, 0.15) is 11.5 Å². The summed E-state index contributed by atoms with van der Waals surface area (Å²) in [6, 6.07) is 5.71. The van der Waals surface area contributed by atoms with E-state index in [4.69, 9.17) is 9.47 Å². The van der Waals surface area contributed by atoms with Crippen molar-refractivity contribution in [3.8, 4) is 11.5 Å². The molecule has 1 aromatic rings. The Labute approximate surface area is 160 Å². The number of benzene rings is 1. The zero-order chi connectivity index (χ0) is 19.0. The highest BCUT2D eigenvalue weighted by molar-refractivity contribution is 5.85. The smallest absolute Gasteiger partial charge is 0.225 e. The maximum Gasteiger partial charge on any atom is 0.225 e. The molecule has 4 rings (SSSR count). The molecule has 1 aliphatic heterocycles. The maximum atomic E-state index is 12.9. The number of nitrogens with one attached hydrogen (secondary N) is 1. The Kier molecular flexibility index (Phi) is 4.98. The van der Waals surface area contributed by atoms with Crippen LogP contribution < -0.4 is 14.8 Å². The van der Waals surface area contributed by atoms with E-state index < -0.39 is 0 Å². The molecule has 0 spiro atoms. The minimum absolute atomic E-state index is 0.0517. The number of likely N-dealkylation sites (tertiary alicyclic amines) is 1. The fourth-order valence-corrected chi connectivity index (χ4v) is 3.98. The Hall–Kier alpha value is -2.24. The molecule has 1 heterocycles. The first-order valence-electron chi connectivity index (χ1n) is 9.89. The summed E-state index contributed by atoms with van der Waals surface area (Å²) >= 11 is 0. The second kappa shape index (κ2) is 7.41. The third-order valence-electron chi connectivity index (χ3n) is 6.00. The normalized spacial score (nSPS) is 24.6. The second-order valence-electron chi connectivity index (χ2n) is 8.03. The molecule has 6 nitrogen and oxygen atoms in total. The molecule has 1 aromatic carbocycles. The van der Waals surface area contributed by atoms with Crippen LogP contribution in [0.2, 0.25) is 0 Å². The van der Waals surface area contributed by atoms with Gasteiger partial charge in [0.15, 0.2) is 0 Å². The summed E-state index contributed by atoms with van der Waals surface area (Å²) in [7, 11) is 3.25. The molecule has 1 saturated heterocycles. The van der Waals surface area contributed by atoms with Crippen molar-refractivity contribution in [3.63, 3.8) is 0 Å². The van der Waals surface area contributed by atoms with Gasteiger partial charge in [-0.25, -0.2) is 0 Å². The molecule has 0 aromatic heterocycles. The van der Waals surface area contributed by atoms with Crippen LogP contribution in [0.4, 0.5) is 0 Å². The number of hydrogen-bond donors (Lipinski definition) is 1. The number of ether oxygens (including phenoxy) is 2. The monoisotopic (exact) mass is 372 g/mol. The van der Waals surface area contributed by atoms with Crippen LogP contribution in [0.25, 0.3) is 0 Å². The average molecular weight is 372 g/mol. The van der Waals surface area contributed by atoms with Gasteiger partial charge in [0.2, 0.25) is 11.8 Å². The summed E-state index contributed by atoms with van der Waals surface area (Å²) in [5.41, 5.74) is 0.968. The fourth-order valence-electron chi connectivity index (χ4n) is 3.98. The summed E-state index contributed by atoms with van der Waals surface area (Å²) in [6.45, 7) is 1.81. The lowest BCUT2D eigenvalue weighted by molar-refractivity contribution is -0.132. The Morgan fingerprint density at radius 1 is 1.11 bits per heavy atom. The van der Waals surface area contributed by atoms with Crippen LogP contribution in [-0.2, 0) is 9.59 Å². The topological polar surface area (TPSA) is 67.9 Å². The molecule has 1 N–H and O–H groups in total. The van der Waals surface area contributed by atoms with E-state index >= 15 is 0 Å². The van der Waals surface area contributed by atoms with Crippen LogP contribution >= 0.6 is 0 Å². The van der Waals surface area contributed by atoms with Crippen molar-refractivity contribution in [3.05, 3.63) is 23.8 Å². The Balaban J connectivity index is 1.57. The number of hydrogen-bond acceptors (Lipinski definition) is 4. The maximum absolute atomic E-state index is 12.9. The highest BCUT2D eigenvalue weighted by Gasteiger charge is 2.44. The molecular weight excluding hydrogens is 344 g/mol. The highest BCUT2D eigenvalue weighted by atomic mass is 16.5. The first kappa shape index (κ1) is 18.1. The SMILES string of the molecule is COc1ccc([C@@H]2CN(C(=O)C3CC3)C[C@@H]2C(=O)NCC2CC2)c(OC)c1. The highest BCUT2D eigenvalue weighted by Crippen LogP contribution is 2.41. The zero-order valence-electron chi connectivity index (χ0n) is 16.1. The molecule has 0 radical (unpaired) electrons. The molecule has 3 fully saturated rings. The van der Waals surface area contributed by atoms with Crippen molar-refractivity contribution in [2.24, 2.45) is 17.8 Å². The molecule has 2 aliphatic carbocycles. The van der Waals surface area contributed by atoms with Gasteiger partial charge in [-0.3, -0.25) is 9.59 Å². The number of carbonyl (C=O) groups is 2. The van der Waals surface area contributed by atoms with Gasteiger partial charge in [0.05, 0.1) is 20.1 Å². The number of rotatable bonds is 7. The lowest BCUT2D eigenvalue weighted by Crippen LogP contribution is -2.36. The van der Waals surface area contributed by atoms with Crippen LogP contribution in [0.3, 0.4) is 0 Å². The molecule has 0 bridgehead atoms. The summed E-state index contributed by atoms with van der Waals surface area (Å²) < 4.78 is 10.9. The zero-order valence-corrected chi connectivity index (χ0v) is 16.1. The van der Waals surface area contributed by atoms with Crippen molar-refractivity contribution in [2.45, 2.75) is 31.6 Å². The third kappa shape index (κ3) is 3.89. The van der Waals surface area contributed by atoms with E-state index in [2.05, 4.69) is 5.32 Å². The molecule has 146 valence electrons. The minimum Gasteiger partial charge on any atom is -0.497 e. The van der Waals surface area contributed by atoms with Gasteiger partial charge in [-0.2, -0.15) is 0 Å². The quantitative estimate of drug-likeness (QED) is 0.797. The standard InChI is InChI=1S/C21H28N2O4/c1-26-15-7-8-16(19(9-15)27-2)17-11-23(21(25)14-5-6-14)12-18(17)20(24)22-10-13-3-4-13/h7-9,13-14,17-18H,3-6,10-12H2,1-2H3,(H,22,24)/t17-,18-/m0/s1. The third-order valence-corrected chi connectivity index (χ3v) is 6.00. The fraction of sp³-hybridized carbons (Fsp3) is 0.619. The molecule has 0 unspecified atom stereocenters. The predicted octanol–water partition coefficient (Wildman–Crippen LogP) is 2.18. The summed E-state index contributed by atoms with van der Waals surface area (Å²) in [6.07, 6.45) is 4.36. The van der Waals surface area contributed by atoms with Crippen LogP contribution in [0, 0.1) is 17.8 Å². The van der Waals surface area contributed by atoms with E-state index in [1.165, 1.54) is 12.8 Å². The van der Waals surface area contributed by atoms with Gasteiger partial charge in [-0.15, -0.1) is 0 Å². The predicted molar refractivity (Wildman–Crippen MR) is 101 cm³/mol. The summed E-state index contributed by atoms with van der Waals surface area (Å²) in [5, 5.41) is 3.11. The van der Waals surface area contributed by atoms with E-state index in [-0.39, 0.29) is 29.6 Å². The Morgan fingerprint density at radius 2 is 1.89 bits per heavy atom. The number of amides is 2. The first-order valence-corrected chi connectivity index (χ1v) is 9.89. The number of methoxy groups -OCH3 is 2. The molecule has 6 heteroatoms. The van der Waals surface area contributed by atoms with Gasteiger partial charge in [0, 0.05) is 43.1 Å². The lowest BCUT2D eigenvalue weighted by Gasteiger charge is -2.21. The number of nitrogens with zero attached hydrogens (tertiary/aromatic N) is 1. The van der Waals surface area contributed by atoms with E-state index in [1.807, 2.05) is 23.1 Å². The van der Waals surface area contributed by atoms with Gasteiger partial charge in [-0.05, 0) is 37.7 Å². The summed E-state index contributed by atoms with van der Waals surface area (Å²) in [4.78, 5) is 27.4. The Morgan fingerprint density at radius 3 is 2.52 bits per heavy atom. The lowest BCUT2D eigenvalue weighted by atomic mass is 9.87. The van der Waals surface area contributed by atoms with E-state index in [0.717, 1.165) is 24.9 Å². The van der Waals surface area contributed by atoms with Gasteiger partial charge >= 0.3 is 0 Å². The molecule has 3 aliphatic rings. The molecule has 27 heavy (non-hydrogen) atoms. The largest absolute Gasteiger partial charge is 0.497 e. The minimum atomic E-state index is -0.242. The van der Waals surface area contributed by atoms with E-state index in [0.29, 0.717) is 30.5 Å². The van der Waals surface area contributed by atoms with Crippen LogP contribution in [0.15, 0.2) is 18.2 Å². The van der Waals surface area contributed by atoms with Crippen LogP contribution in [0.1, 0.15) is 37.2 Å². The molecular formula is C21H28N2O4. The Bertz CT molecular complexity index is 727. The van der Waals surface area contributed by atoms with Crippen molar-refractivity contribution in [1.82, 2.24) is 10.2 Å². The van der Waals surface area contributed by atoms with Gasteiger partial charge in [-0.1, -0.05) is 6.07 Å². The van der Waals surface area contributed by atoms with Gasteiger partial charge in [0.25, 0.3) is 0 Å². The molecule has 2 amide bonds. The van der Waals surface area contributed by atoms with Gasteiger partial charge < -0.3 is 19.7 Å². The molecule has 2 atom stereocenters. The van der Waals surface area contributed by atoms with Crippen LogP contribution in [-0.4, -0.2) is 50.6 Å². The first-order chi connectivity index (χ1) is 13.1. The molecule has 2 saturated carbocycles. The number of carbonyl (C=O) groups excluding carboxylic acids is 2.